The highest BCUT2D eigenvalue weighted by Gasteiger charge is 2.15. The van der Waals surface area contributed by atoms with E-state index in [0.29, 0.717) is 6.04 Å². The first kappa shape index (κ1) is 14.6. The molecule has 2 atom stereocenters. The van der Waals surface area contributed by atoms with E-state index in [1.54, 1.807) is 13.3 Å². The first-order valence-electron chi connectivity index (χ1n) is 6.90. The number of aromatic nitrogens is 1. The summed E-state index contributed by atoms with van der Waals surface area (Å²) in [6.07, 6.45) is 2.65. The van der Waals surface area contributed by atoms with Gasteiger partial charge < -0.3 is 14.5 Å². The molecule has 0 aliphatic heterocycles. The van der Waals surface area contributed by atoms with Gasteiger partial charge in [-0.25, -0.2) is 4.98 Å². The molecule has 0 aliphatic carbocycles. The smallest absolute Gasteiger partial charge is 0.211 e. The molecule has 2 aromatic rings. The van der Waals surface area contributed by atoms with E-state index in [0.717, 1.165) is 23.8 Å². The molecule has 20 heavy (non-hydrogen) atoms. The fraction of sp³-hybridized carbons (Fsp3) is 0.438. The van der Waals surface area contributed by atoms with Gasteiger partial charge in [0.2, 0.25) is 5.89 Å². The summed E-state index contributed by atoms with van der Waals surface area (Å²) in [5.41, 5.74) is 1.20. The average Bonchev–Trinajstić information content (AvgIpc) is 2.86. The Kier molecular flexibility index (Phi) is 4.79. The maximum Gasteiger partial charge on any atom is 0.211 e. The average molecular weight is 274 g/mol. The van der Waals surface area contributed by atoms with Gasteiger partial charge >= 0.3 is 0 Å². The number of aryl methyl sites for hydroxylation is 1. The van der Waals surface area contributed by atoms with Gasteiger partial charge in [-0.05, 0) is 38.8 Å². The highest BCUT2D eigenvalue weighted by molar-refractivity contribution is 5.33. The molecule has 1 aromatic heterocycles. The van der Waals surface area contributed by atoms with E-state index in [2.05, 4.69) is 30.2 Å². The fourth-order valence-electron chi connectivity index (χ4n) is 2.33. The Hall–Kier alpha value is -1.81. The Morgan fingerprint density at radius 1 is 1.30 bits per heavy atom. The van der Waals surface area contributed by atoms with Crippen molar-refractivity contribution in [2.45, 2.75) is 39.3 Å². The SMILES string of the molecule is COc1ccccc1CC(C)NC(C)c1ncc(C)o1. The molecular weight excluding hydrogens is 252 g/mol. The number of benzene rings is 1. The molecule has 1 N–H and O–H groups in total. The molecule has 0 fully saturated rings. The Morgan fingerprint density at radius 3 is 2.70 bits per heavy atom. The normalized spacial score (nSPS) is 14.0. The molecule has 0 spiro atoms. The predicted molar refractivity (Wildman–Crippen MR) is 79.0 cm³/mol. The highest BCUT2D eigenvalue weighted by atomic mass is 16.5. The number of ether oxygens (including phenoxy) is 1. The molecule has 108 valence electrons. The largest absolute Gasteiger partial charge is 0.496 e. The molecule has 4 nitrogen and oxygen atoms in total. The summed E-state index contributed by atoms with van der Waals surface area (Å²) < 4.78 is 10.9. The van der Waals surface area contributed by atoms with Gasteiger partial charge in [-0.15, -0.1) is 0 Å². The van der Waals surface area contributed by atoms with Crippen molar-refractivity contribution < 1.29 is 9.15 Å². The molecule has 0 bridgehead atoms. The van der Waals surface area contributed by atoms with Crippen LogP contribution in [0.15, 0.2) is 34.9 Å². The van der Waals surface area contributed by atoms with Gasteiger partial charge in [0.05, 0.1) is 19.3 Å². The zero-order valence-corrected chi connectivity index (χ0v) is 12.5. The minimum atomic E-state index is 0.0911. The Labute approximate surface area is 120 Å². The van der Waals surface area contributed by atoms with Gasteiger partial charge in [-0.3, -0.25) is 0 Å². The van der Waals surface area contributed by atoms with Gasteiger partial charge in [0.1, 0.15) is 11.5 Å². The number of nitrogens with one attached hydrogen (secondary N) is 1. The number of nitrogens with zero attached hydrogens (tertiary/aromatic N) is 1. The van der Waals surface area contributed by atoms with Crippen LogP contribution in [0.3, 0.4) is 0 Å². The van der Waals surface area contributed by atoms with Crippen LogP contribution in [0.1, 0.15) is 37.1 Å². The van der Waals surface area contributed by atoms with E-state index in [1.807, 2.05) is 25.1 Å². The maximum atomic E-state index is 5.54. The van der Waals surface area contributed by atoms with E-state index in [4.69, 9.17) is 9.15 Å². The van der Waals surface area contributed by atoms with Crippen molar-refractivity contribution in [1.29, 1.82) is 0 Å². The van der Waals surface area contributed by atoms with Crippen LogP contribution < -0.4 is 10.1 Å². The monoisotopic (exact) mass is 274 g/mol. The van der Waals surface area contributed by atoms with Crippen LogP contribution in [0.25, 0.3) is 0 Å². The molecule has 0 saturated heterocycles. The lowest BCUT2D eigenvalue weighted by atomic mass is 10.1. The van der Waals surface area contributed by atoms with Crippen molar-refractivity contribution in [1.82, 2.24) is 10.3 Å². The summed E-state index contributed by atoms with van der Waals surface area (Å²) >= 11 is 0. The van der Waals surface area contributed by atoms with Crippen LogP contribution in [0.5, 0.6) is 5.75 Å². The zero-order chi connectivity index (χ0) is 14.5. The number of hydrogen-bond acceptors (Lipinski definition) is 4. The third-order valence-electron chi connectivity index (χ3n) is 3.26. The van der Waals surface area contributed by atoms with Gasteiger partial charge in [0, 0.05) is 6.04 Å². The molecule has 1 aromatic carbocycles. The summed E-state index contributed by atoms with van der Waals surface area (Å²) in [5.74, 6) is 2.50. The topological polar surface area (TPSA) is 47.3 Å². The fourth-order valence-corrected chi connectivity index (χ4v) is 2.33. The summed E-state index contributed by atoms with van der Waals surface area (Å²) in [6.45, 7) is 6.12. The Morgan fingerprint density at radius 2 is 2.05 bits per heavy atom. The molecule has 0 radical (unpaired) electrons. The molecule has 2 unspecified atom stereocenters. The van der Waals surface area contributed by atoms with Gasteiger partial charge in [-0.1, -0.05) is 18.2 Å². The third-order valence-corrected chi connectivity index (χ3v) is 3.26. The highest BCUT2D eigenvalue weighted by Crippen LogP contribution is 2.20. The van der Waals surface area contributed by atoms with Crippen LogP contribution in [0.4, 0.5) is 0 Å². The third kappa shape index (κ3) is 3.61. The Bertz CT molecular complexity index is 551. The minimum absolute atomic E-state index is 0.0911. The number of rotatable bonds is 6. The Balaban J connectivity index is 1.96. The molecule has 0 aliphatic rings. The second-order valence-electron chi connectivity index (χ2n) is 5.11. The van der Waals surface area contributed by atoms with Crippen molar-refractivity contribution in [2.24, 2.45) is 0 Å². The number of para-hydroxylation sites is 1. The maximum absolute atomic E-state index is 5.54. The van der Waals surface area contributed by atoms with Crippen molar-refractivity contribution in [2.75, 3.05) is 7.11 Å². The minimum Gasteiger partial charge on any atom is -0.496 e. The van der Waals surface area contributed by atoms with E-state index in [1.165, 1.54) is 5.56 Å². The summed E-state index contributed by atoms with van der Waals surface area (Å²) in [5, 5.41) is 3.50. The van der Waals surface area contributed by atoms with E-state index >= 15 is 0 Å². The number of hydrogen-bond donors (Lipinski definition) is 1. The van der Waals surface area contributed by atoms with Crippen molar-refractivity contribution in [3.63, 3.8) is 0 Å². The summed E-state index contributed by atoms with van der Waals surface area (Å²) in [4.78, 5) is 4.26. The molecule has 0 saturated carbocycles. The predicted octanol–water partition coefficient (Wildman–Crippen LogP) is 3.27. The van der Waals surface area contributed by atoms with Crippen molar-refractivity contribution >= 4 is 0 Å². The molecular formula is C16H22N2O2. The molecule has 4 heteroatoms. The quantitative estimate of drug-likeness (QED) is 0.878. The lowest BCUT2D eigenvalue weighted by Gasteiger charge is -2.19. The van der Waals surface area contributed by atoms with Crippen LogP contribution in [-0.2, 0) is 6.42 Å². The van der Waals surface area contributed by atoms with Crippen LogP contribution in [0.2, 0.25) is 0 Å². The van der Waals surface area contributed by atoms with E-state index < -0.39 is 0 Å². The lowest BCUT2D eigenvalue weighted by Crippen LogP contribution is -2.31. The van der Waals surface area contributed by atoms with Crippen molar-refractivity contribution in [3.05, 3.63) is 47.7 Å². The molecule has 2 rings (SSSR count). The molecule has 1 heterocycles. The van der Waals surface area contributed by atoms with E-state index in [9.17, 15) is 0 Å². The van der Waals surface area contributed by atoms with Gasteiger partial charge in [0.25, 0.3) is 0 Å². The number of methoxy groups -OCH3 is 1. The van der Waals surface area contributed by atoms with Crippen molar-refractivity contribution in [3.8, 4) is 5.75 Å². The zero-order valence-electron chi connectivity index (χ0n) is 12.5. The van der Waals surface area contributed by atoms with Gasteiger partial charge in [-0.2, -0.15) is 0 Å². The number of oxazole rings is 1. The second kappa shape index (κ2) is 6.57. The summed E-state index contributed by atoms with van der Waals surface area (Å²) in [6, 6.07) is 8.49. The van der Waals surface area contributed by atoms with Crippen LogP contribution in [-0.4, -0.2) is 18.1 Å². The van der Waals surface area contributed by atoms with Crippen LogP contribution >= 0.6 is 0 Å². The summed E-state index contributed by atoms with van der Waals surface area (Å²) in [7, 11) is 1.70. The van der Waals surface area contributed by atoms with Crippen LogP contribution in [0, 0.1) is 6.92 Å². The molecule has 0 amide bonds. The standard InChI is InChI=1S/C16H22N2O2/c1-11(9-14-7-5-6-8-15(14)19-4)18-13(3)16-17-10-12(2)20-16/h5-8,10-11,13,18H,9H2,1-4H3. The lowest BCUT2D eigenvalue weighted by molar-refractivity contribution is 0.371. The first-order chi connectivity index (χ1) is 9.60. The first-order valence-corrected chi connectivity index (χ1v) is 6.90. The van der Waals surface area contributed by atoms with Gasteiger partial charge in [0.15, 0.2) is 0 Å². The van der Waals surface area contributed by atoms with E-state index in [-0.39, 0.29) is 6.04 Å². The second-order valence-corrected chi connectivity index (χ2v) is 5.11.